The summed E-state index contributed by atoms with van der Waals surface area (Å²) in [7, 11) is -0.0479. The molecule has 168 valence electrons. The summed E-state index contributed by atoms with van der Waals surface area (Å²) in [6.07, 6.45) is 1.59. The molecule has 2 heterocycles. The molecule has 0 bridgehead atoms. The fourth-order valence-electron chi connectivity index (χ4n) is 3.39. The Morgan fingerprint density at radius 3 is 2.62 bits per heavy atom. The standard InChI is InChI=1S/C22H23N3O5S2/c1-23-20(26)11-16-12-24-22(31-16)18-9-13-8-15(10-19(29-2)21(13)25-18)30-14-4-6-17(7-5-14)32(3,27)28/h4-10,16,25H,11-12H2,1-3H3,(H,23,26). The number of nitrogens with one attached hydrogen (secondary N) is 2. The van der Waals surface area contributed by atoms with Crippen molar-refractivity contribution < 1.29 is 22.7 Å². The number of aromatic nitrogens is 1. The number of benzene rings is 2. The van der Waals surface area contributed by atoms with Gasteiger partial charge in [0.15, 0.2) is 9.84 Å². The SMILES string of the molecule is CNC(=O)CC1CN=C(c2cc3cc(Oc4ccc(S(C)(=O)=O)cc4)cc(OC)c3[nH]2)S1. The highest BCUT2D eigenvalue weighted by Gasteiger charge is 2.24. The maximum absolute atomic E-state index is 11.6. The number of hydrogen-bond donors (Lipinski definition) is 2. The van der Waals surface area contributed by atoms with Crippen molar-refractivity contribution in [3.63, 3.8) is 0 Å². The van der Waals surface area contributed by atoms with Gasteiger partial charge in [0.2, 0.25) is 5.91 Å². The molecule has 0 radical (unpaired) electrons. The van der Waals surface area contributed by atoms with E-state index in [0.29, 0.717) is 30.2 Å². The zero-order valence-electron chi connectivity index (χ0n) is 17.8. The number of hydrogen-bond acceptors (Lipinski definition) is 7. The van der Waals surface area contributed by atoms with Crippen LogP contribution in [0.15, 0.2) is 52.4 Å². The van der Waals surface area contributed by atoms with E-state index in [4.69, 9.17) is 9.47 Å². The molecule has 0 saturated heterocycles. The van der Waals surface area contributed by atoms with Gasteiger partial charge in [-0.25, -0.2) is 8.42 Å². The molecule has 0 fully saturated rings. The number of ether oxygens (including phenoxy) is 2. The molecule has 0 aliphatic carbocycles. The summed E-state index contributed by atoms with van der Waals surface area (Å²) in [5.74, 6) is 1.69. The average molecular weight is 474 g/mol. The average Bonchev–Trinajstić information content (AvgIpc) is 3.39. The third-order valence-corrected chi connectivity index (χ3v) is 7.36. The lowest BCUT2D eigenvalue weighted by atomic mass is 10.2. The van der Waals surface area contributed by atoms with E-state index in [1.54, 1.807) is 44.1 Å². The van der Waals surface area contributed by atoms with E-state index in [9.17, 15) is 13.2 Å². The summed E-state index contributed by atoms with van der Waals surface area (Å²) in [4.78, 5) is 19.8. The number of H-pyrrole nitrogens is 1. The van der Waals surface area contributed by atoms with Crippen molar-refractivity contribution in [2.24, 2.45) is 4.99 Å². The molecule has 32 heavy (non-hydrogen) atoms. The normalized spacial score (nSPS) is 16.1. The third-order valence-electron chi connectivity index (χ3n) is 5.01. The van der Waals surface area contributed by atoms with Crippen LogP contribution in [-0.4, -0.2) is 56.6 Å². The molecule has 2 aromatic carbocycles. The van der Waals surface area contributed by atoms with E-state index in [-0.39, 0.29) is 16.1 Å². The van der Waals surface area contributed by atoms with E-state index in [1.165, 1.54) is 18.4 Å². The van der Waals surface area contributed by atoms with Crippen molar-refractivity contribution in [3.8, 4) is 17.2 Å². The molecule has 0 spiro atoms. The molecule has 4 rings (SSSR count). The van der Waals surface area contributed by atoms with Crippen molar-refractivity contribution >= 4 is 43.5 Å². The number of carbonyl (C=O) groups is 1. The molecule has 1 unspecified atom stereocenters. The van der Waals surface area contributed by atoms with Gasteiger partial charge < -0.3 is 19.8 Å². The highest BCUT2D eigenvalue weighted by atomic mass is 32.2. The van der Waals surface area contributed by atoms with Crippen LogP contribution in [0, 0.1) is 0 Å². The number of amides is 1. The van der Waals surface area contributed by atoms with E-state index >= 15 is 0 Å². The molecular weight excluding hydrogens is 450 g/mol. The lowest BCUT2D eigenvalue weighted by Gasteiger charge is -2.09. The van der Waals surface area contributed by atoms with E-state index in [2.05, 4.69) is 15.3 Å². The van der Waals surface area contributed by atoms with Crippen LogP contribution in [0.1, 0.15) is 12.1 Å². The van der Waals surface area contributed by atoms with Crippen molar-refractivity contribution in [3.05, 3.63) is 48.2 Å². The second kappa shape index (κ2) is 8.87. The fraction of sp³-hybridized carbons (Fsp3) is 0.273. The fourth-order valence-corrected chi connectivity index (χ4v) is 5.11. The van der Waals surface area contributed by atoms with E-state index in [1.807, 2.05) is 12.1 Å². The Morgan fingerprint density at radius 1 is 1.22 bits per heavy atom. The first-order valence-electron chi connectivity index (χ1n) is 9.87. The Kier molecular flexibility index (Phi) is 6.16. The van der Waals surface area contributed by atoms with Gasteiger partial charge in [-0.1, -0.05) is 11.8 Å². The molecule has 2 N–H and O–H groups in total. The van der Waals surface area contributed by atoms with E-state index in [0.717, 1.165) is 21.6 Å². The molecule has 3 aromatic rings. The predicted molar refractivity (Wildman–Crippen MR) is 126 cm³/mol. The van der Waals surface area contributed by atoms with Crippen LogP contribution in [0.25, 0.3) is 10.9 Å². The predicted octanol–water partition coefficient (Wildman–Crippen LogP) is 3.37. The largest absolute Gasteiger partial charge is 0.494 e. The summed E-state index contributed by atoms with van der Waals surface area (Å²) in [6.45, 7) is 0.595. The van der Waals surface area contributed by atoms with Gasteiger partial charge in [-0.3, -0.25) is 9.79 Å². The molecule has 1 atom stereocenters. The van der Waals surface area contributed by atoms with Gasteiger partial charge in [-0.2, -0.15) is 0 Å². The number of nitrogens with zero attached hydrogens (tertiary/aromatic N) is 1. The van der Waals surface area contributed by atoms with E-state index < -0.39 is 9.84 Å². The van der Waals surface area contributed by atoms with Crippen molar-refractivity contribution in [2.75, 3.05) is 27.0 Å². The maximum Gasteiger partial charge on any atom is 0.220 e. The molecule has 1 aromatic heterocycles. The van der Waals surface area contributed by atoms with Gasteiger partial charge in [0.1, 0.15) is 22.3 Å². The van der Waals surface area contributed by atoms with Gasteiger partial charge in [-0.15, -0.1) is 0 Å². The summed E-state index contributed by atoms with van der Waals surface area (Å²) in [5.41, 5.74) is 1.68. The second-order valence-corrected chi connectivity index (χ2v) is 10.7. The molecular formula is C22H23N3O5S2. The molecule has 1 aliphatic rings. The maximum atomic E-state index is 11.6. The Morgan fingerprint density at radius 2 is 1.97 bits per heavy atom. The minimum atomic E-state index is -3.26. The number of aromatic amines is 1. The van der Waals surface area contributed by atoms with Crippen LogP contribution in [0.4, 0.5) is 0 Å². The van der Waals surface area contributed by atoms with Crippen molar-refractivity contribution in [1.82, 2.24) is 10.3 Å². The highest BCUT2D eigenvalue weighted by molar-refractivity contribution is 8.15. The third kappa shape index (κ3) is 4.76. The first kappa shape index (κ1) is 22.2. The highest BCUT2D eigenvalue weighted by Crippen LogP contribution is 2.36. The number of aliphatic imine (C=N–C) groups is 1. The molecule has 10 heteroatoms. The Bertz CT molecular complexity index is 1300. The second-order valence-electron chi connectivity index (χ2n) is 7.38. The molecule has 8 nitrogen and oxygen atoms in total. The van der Waals surface area contributed by atoms with Crippen LogP contribution in [0.3, 0.4) is 0 Å². The lowest BCUT2D eigenvalue weighted by molar-refractivity contribution is -0.120. The number of fused-ring (bicyclic) bond motifs is 1. The summed E-state index contributed by atoms with van der Waals surface area (Å²) >= 11 is 1.58. The monoisotopic (exact) mass is 473 g/mol. The smallest absolute Gasteiger partial charge is 0.220 e. The molecule has 1 aliphatic heterocycles. The number of sulfone groups is 1. The topological polar surface area (TPSA) is 110 Å². The quantitative estimate of drug-likeness (QED) is 0.544. The van der Waals surface area contributed by atoms with Gasteiger partial charge in [0.05, 0.1) is 29.8 Å². The number of thioether (sulfide) groups is 1. The minimum absolute atomic E-state index is 0.00336. The zero-order valence-corrected chi connectivity index (χ0v) is 19.5. The minimum Gasteiger partial charge on any atom is -0.494 e. The van der Waals surface area contributed by atoms with Crippen LogP contribution in [-0.2, 0) is 14.6 Å². The lowest BCUT2D eigenvalue weighted by Crippen LogP contribution is -2.22. The number of rotatable bonds is 7. The summed E-state index contributed by atoms with van der Waals surface area (Å²) in [6, 6.07) is 11.9. The molecule has 1 amide bonds. The van der Waals surface area contributed by atoms with Gasteiger partial charge in [0.25, 0.3) is 0 Å². The summed E-state index contributed by atoms with van der Waals surface area (Å²) < 4.78 is 34.8. The Hall–Kier alpha value is -2.98. The van der Waals surface area contributed by atoms with Gasteiger partial charge >= 0.3 is 0 Å². The first-order valence-corrected chi connectivity index (χ1v) is 12.6. The first-order chi connectivity index (χ1) is 15.3. The van der Waals surface area contributed by atoms with Gasteiger partial charge in [0, 0.05) is 36.4 Å². The van der Waals surface area contributed by atoms with Crippen LogP contribution in [0.2, 0.25) is 0 Å². The van der Waals surface area contributed by atoms with Crippen LogP contribution < -0.4 is 14.8 Å². The molecule has 0 saturated carbocycles. The van der Waals surface area contributed by atoms with Crippen LogP contribution in [0.5, 0.6) is 17.2 Å². The number of methoxy groups -OCH3 is 1. The van der Waals surface area contributed by atoms with Crippen LogP contribution >= 0.6 is 11.8 Å². The number of carbonyl (C=O) groups excluding carboxylic acids is 1. The van der Waals surface area contributed by atoms with Gasteiger partial charge in [-0.05, 0) is 36.4 Å². The van der Waals surface area contributed by atoms with Crippen molar-refractivity contribution in [1.29, 1.82) is 0 Å². The summed E-state index contributed by atoms with van der Waals surface area (Å²) in [5, 5.41) is 4.51. The Balaban J connectivity index is 1.57. The zero-order chi connectivity index (χ0) is 22.9. The van der Waals surface area contributed by atoms with Crippen molar-refractivity contribution in [2.45, 2.75) is 16.6 Å². The Labute approximate surface area is 190 Å².